The van der Waals surface area contributed by atoms with Gasteiger partial charge in [0.2, 0.25) is 0 Å². The molecule has 2 nitrogen and oxygen atoms in total. The molecule has 0 N–H and O–H groups in total. The highest BCUT2D eigenvalue weighted by Crippen LogP contribution is 2.50. The molecule has 0 aliphatic heterocycles. The highest BCUT2D eigenvalue weighted by Gasteiger charge is 2.55. The van der Waals surface area contributed by atoms with Crippen LogP contribution in [0.4, 0.5) is 0 Å². The second-order valence-electron chi connectivity index (χ2n) is 5.22. The van der Waals surface area contributed by atoms with Gasteiger partial charge in [0.1, 0.15) is 5.78 Å². The topological polar surface area (TPSA) is 26.3 Å². The average Bonchev–Trinajstić information content (AvgIpc) is 2.88. The maximum absolute atomic E-state index is 11.9. The molecule has 2 saturated carbocycles. The van der Waals surface area contributed by atoms with E-state index in [2.05, 4.69) is 11.4 Å². The summed E-state index contributed by atoms with van der Waals surface area (Å²) in [5.41, 5.74) is -0.0878. The number of thiophene rings is 1. The normalized spacial score (nSPS) is 27.1. The number of hydrogen-bond donors (Lipinski definition) is 0. The Bertz CT molecular complexity index is 390. The van der Waals surface area contributed by atoms with E-state index in [9.17, 15) is 4.79 Å². The molecule has 17 heavy (non-hydrogen) atoms. The lowest BCUT2D eigenvalue weighted by atomic mass is 9.57. The van der Waals surface area contributed by atoms with Crippen molar-refractivity contribution in [3.05, 3.63) is 22.4 Å². The quantitative estimate of drug-likeness (QED) is 0.820. The van der Waals surface area contributed by atoms with Crippen molar-refractivity contribution in [2.75, 3.05) is 0 Å². The Hall–Kier alpha value is -0.670. The molecule has 0 aromatic carbocycles. The van der Waals surface area contributed by atoms with Crippen LogP contribution in [0.2, 0.25) is 0 Å². The van der Waals surface area contributed by atoms with E-state index < -0.39 is 0 Å². The fourth-order valence-corrected chi connectivity index (χ4v) is 3.82. The van der Waals surface area contributed by atoms with E-state index in [1.807, 2.05) is 6.07 Å². The molecule has 3 heteroatoms. The van der Waals surface area contributed by atoms with E-state index in [4.69, 9.17) is 4.74 Å². The second kappa shape index (κ2) is 4.54. The first-order valence-corrected chi connectivity index (χ1v) is 7.36. The molecule has 0 saturated heterocycles. The Kier molecular flexibility index (Phi) is 3.05. The standard InChI is InChI=1S/C14H18O2S/c15-12-9-13(14(12)6-2-1-3-7-14)16-10-11-5-4-8-17-11/h4-5,8,13H,1-3,6-7,9-10H2. The summed E-state index contributed by atoms with van der Waals surface area (Å²) in [6, 6.07) is 4.14. The van der Waals surface area contributed by atoms with Gasteiger partial charge in [-0.1, -0.05) is 25.3 Å². The number of hydrogen-bond acceptors (Lipinski definition) is 3. The second-order valence-corrected chi connectivity index (χ2v) is 6.26. The third-order valence-corrected chi connectivity index (χ3v) is 5.15. The molecule has 1 atom stereocenters. The maximum atomic E-state index is 11.9. The van der Waals surface area contributed by atoms with Crippen molar-refractivity contribution >= 4 is 17.1 Å². The molecule has 0 bridgehead atoms. The Morgan fingerprint density at radius 1 is 1.35 bits per heavy atom. The minimum Gasteiger partial charge on any atom is -0.371 e. The zero-order chi connectivity index (χ0) is 11.7. The predicted octanol–water partition coefficient (Wildman–Crippen LogP) is 3.56. The third kappa shape index (κ3) is 1.95. The summed E-state index contributed by atoms with van der Waals surface area (Å²) < 4.78 is 5.98. The van der Waals surface area contributed by atoms with Gasteiger partial charge in [-0.15, -0.1) is 11.3 Å². The molecule has 1 spiro atoms. The summed E-state index contributed by atoms with van der Waals surface area (Å²) in [6.45, 7) is 0.678. The van der Waals surface area contributed by atoms with E-state index >= 15 is 0 Å². The Morgan fingerprint density at radius 3 is 2.82 bits per heavy atom. The van der Waals surface area contributed by atoms with E-state index in [0.29, 0.717) is 18.8 Å². The smallest absolute Gasteiger partial charge is 0.144 e. The van der Waals surface area contributed by atoms with Crippen LogP contribution >= 0.6 is 11.3 Å². The van der Waals surface area contributed by atoms with Crippen molar-refractivity contribution in [1.29, 1.82) is 0 Å². The van der Waals surface area contributed by atoms with Gasteiger partial charge in [-0.2, -0.15) is 0 Å². The first-order chi connectivity index (χ1) is 8.31. The highest BCUT2D eigenvalue weighted by atomic mass is 32.1. The monoisotopic (exact) mass is 250 g/mol. The number of carbonyl (C=O) groups is 1. The van der Waals surface area contributed by atoms with Crippen LogP contribution in [0.5, 0.6) is 0 Å². The highest BCUT2D eigenvalue weighted by molar-refractivity contribution is 7.09. The Labute approximate surface area is 106 Å². The van der Waals surface area contributed by atoms with Gasteiger partial charge >= 0.3 is 0 Å². The molecular formula is C14H18O2S. The van der Waals surface area contributed by atoms with Crippen LogP contribution in [0.1, 0.15) is 43.4 Å². The molecule has 3 rings (SSSR count). The molecule has 1 aromatic heterocycles. The van der Waals surface area contributed by atoms with Crippen LogP contribution in [-0.2, 0) is 16.1 Å². The Balaban J connectivity index is 1.62. The number of carbonyl (C=O) groups excluding carboxylic acids is 1. The van der Waals surface area contributed by atoms with Crippen molar-refractivity contribution in [3.63, 3.8) is 0 Å². The van der Waals surface area contributed by atoms with E-state index in [1.54, 1.807) is 11.3 Å². The summed E-state index contributed by atoms with van der Waals surface area (Å²) in [4.78, 5) is 13.2. The average molecular weight is 250 g/mol. The maximum Gasteiger partial charge on any atom is 0.144 e. The zero-order valence-electron chi connectivity index (χ0n) is 9.98. The molecular weight excluding hydrogens is 232 g/mol. The van der Waals surface area contributed by atoms with Crippen LogP contribution in [-0.4, -0.2) is 11.9 Å². The molecule has 2 fully saturated rings. The fraction of sp³-hybridized carbons (Fsp3) is 0.643. The van der Waals surface area contributed by atoms with E-state index in [0.717, 1.165) is 12.8 Å². The van der Waals surface area contributed by atoms with Gasteiger partial charge < -0.3 is 4.74 Å². The fourth-order valence-electron chi connectivity index (χ4n) is 3.19. The van der Waals surface area contributed by atoms with Crippen LogP contribution in [0.3, 0.4) is 0 Å². The van der Waals surface area contributed by atoms with Gasteiger partial charge in [0.05, 0.1) is 18.1 Å². The molecule has 1 unspecified atom stereocenters. The molecule has 0 amide bonds. The van der Waals surface area contributed by atoms with Gasteiger partial charge in [-0.25, -0.2) is 0 Å². The summed E-state index contributed by atoms with van der Waals surface area (Å²) in [5, 5.41) is 2.07. The first-order valence-electron chi connectivity index (χ1n) is 6.48. The predicted molar refractivity (Wildman–Crippen MR) is 68.0 cm³/mol. The number of rotatable bonds is 3. The number of ketones is 1. The van der Waals surface area contributed by atoms with Crippen LogP contribution in [0, 0.1) is 5.41 Å². The molecule has 1 aromatic rings. The first kappa shape index (κ1) is 11.4. The largest absolute Gasteiger partial charge is 0.371 e. The summed E-state index contributed by atoms with van der Waals surface area (Å²) in [6.07, 6.45) is 6.63. The van der Waals surface area contributed by atoms with Crippen LogP contribution < -0.4 is 0 Å². The van der Waals surface area contributed by atoms with Gasteiger partial charge in [0.25, 0.3) is 0 Å². The van der Waals surface area contributed by atoms with Gasteiger partial charge in [-0.3, -0.25) is 4.79 Å². The third-order valence-electron chi connectivity index (χ3n) is 4.30. The van der Waals surface area contributed by atoms with Crippen LogP contribution in [0.15, 0.2) is 17.5 Å². The van der Waals surface area contributed by atoms with E-state index in [-0.39, 0.29) is 11.5 Å². The SMILES string of the molecule is O=C1CC(OCc2cccs2)C12CCCCC2. The van der Waals surface area contributed by atoms with Crippen molar-refractivity contribution in [3.8, 4) is 0 Å². The van der Waals surface area contributed by atoms with Crippen molar-refractivity contribution in [2.45, 2.75) is 51.2 Å². The lowest BCUT2D eigenvalue weighted by Gasteiger charge is -2.49. The minimum atomic E-state index is -0.0878. The van der Waals surface area contributed by atoms with E-state index in [1.165, 1.54) is 24.1 Å². The summed E-state index contributed by atoms with van der Waals surface area (Å²) >= 11 is 1.73. The molecule has 2 aliphatic carbocycles. The minimum absolute atomic E-state index is 0.0878. The Morgan fingerprint density at radius 2 is 2.18 bits per heavy atom. The number of ether oxygens (including phenoxy) is 1. The summed E-state index contributed by atoms with van der Waals surface area (Å²) in [7, 11) is 0. The van der Waals surface area contributed by atoms with Crippen molar-refractivity contribution in [1.82, 2.24) is 0 Å². The lowest BCUT2D eigenvalue weighted by molar-refractivity contribution is -0.170. The van der Waals surface area contributed by atoms with Gasteiger partial charge in [-0.05, 0) is 24.3 Å². The molecule has 2 aliphatic rings. The lowest BCUT2D eigenvalue weighted by Crippen LogP contribution is -2.56. The van der Waals surface area contributed by atoms with Gasteiger partial charge in [0, 0.05) is 11.3 Å². The van der Waals surface area contributed by atoms with Crippen molar-refractivity contribution < 1.29 is 9.53 Å². The summed E-state index contributed by atoms with van der Waals surface area (Å²) in [5.74, 6) is 0.452. The molecule has 92 valence electrons. The molecule has 0 radical (unpaired) electrons. The molecule has 1 heterocycles. The van der Waals surface area contributed by atoms with Gasteiger partial charge in [0.15, 0.2) is 0 Å². The number of Topliss-reactive ketones (excluding diaryl/α,β-unsaturated/α-hetero) is 1. The zero-order valence-corrected chi connectivity index (χ0v) is 10.8. The van der Waals surface area contributed by atoms with Crippen LogP contribution in [0.25, 0.3) is 0 Å². The van der Waals surface area contributed by atoms with Crippen molar-refractivity contribution in [2.24, 2.45) is 5.41 Å².